The van der Waals surface area contributed by atoms with Gasteiger partial charge < -0.3 is 10.2 Å². The molecule has 1 unspecified atom stereocenters. The van der Waals surface area contributed by atoms with Crippen molar-refractivity contribution in [1.29, 1.82) is 0 Å². The molecule has 1 saturated carbocycles. The third-order valence-electron chi connectivity index (χ3n) is 4.57. The molecule has 0 bridgehead atoms. The fourth-order valence-corrected chi connectivity index (χ4v) is 4.16. The second-order valence-corrected chi connectivity index (χ2v) is 6.78. The van der Waals surface area contributed by atoms with E-state index in [2.05, 4.69) is 41.6 Å². The van der Waals surface area contributed by atoms with Crippen LogP contribution >= 0.6 is 11.3 Å². The Bertz CT molecular complexity index is 355. The zero-order valence-corrected chi connectivity index (χ0v) is 13.3. The van der Waals surface area contributed by atoms with Gasteiger partial charge in [-0.3, -0.25) is 0 Å². The molecule has 1 N–H and O–H groups in total. The molecule has 2 rings (SSSR count). The van der Waals surface area contributed by atoms with E-state index in [1.807, 2.05) is 6.20 Å². The number of hydrogen-bond acceptors (Lipinski definition) is 4. The average molecular weight is 281 g/mol. The van der Waals surface area contributed by atoms with E-state index >= 15 is 0 Å². The van der Waals surface area contributed by atoms with Gasteiger partial charge in [-0.05, 0) is 33.5 Å². The van der Waals surface area contributed by atoms with Crippen LogP contribution in [-0.2, 0) is 6.42 Å². The predicted molar refractivity (Wildman–Crippen MR) is 82.8 cm³/mol. The highest BCUT2D eigenvalue weighted by atomic mass is 32.1. The Balaban J connectivity index is 2.18. The average Bonchev–Trinajstić information content (AvgIpc) is 2.92. The third-order valence-corrected chi connectivity index (χ3v) is 5.37. The molecule has 1 fully saturated rings. The topological polar surface area (TPSA) is 28.2 Å². The number of likely N-dealkylation sites (N-methyl/N-ethyl adjacent to an activating group) is 2. The van der Waals surface area contributed by atoms with E-state index in [9.17, 15) is 0 Å². The SMILES string of the molecule is CCNC(Cc1nccs1)C1(N(C)C)CCCCC1. The summed E-state index contributed by atoms with van der Waals surface area (Å²) in [6.45, 7) is 3.24. The Hall–Kier alpha value is -0.450. The van der Waals surface area contributed by atoms with E-state index in [1.54, 1.807) is 11.3 Å². The summed E-state index contributed by atoms with van der Waals surface area (Å²) in [5, 5.41) is 7.08. The van der Waals surface area contributed by atoms with Crippen LogP contribution in [0.4, 0.5) is 0 Å². The highest BCUT2D eigenvalue weighted by Gasteiger charge is 2.41. The fourth-order valence-electron chi connectivity index (χ4n) is 3.50. The Morgan fingerprint density at radius 2 is 2.11 bits per heavy atom. The molecule has 1 atom stereocenters. The molecule has 0 aromatic carbocycles. The van der Waals surface area contributed by atoms with Crippen molar-refractivity contribution in [1.82, 2.24) is 15.2 Å². The molecule has 1 heterocycles. The van der Waals surface area contributed by atoms with Gasteiger partial charge in [0.2, 0.25) is 0 Å². The van der Waals surface area contributed by atoms with Crippen LogP contribution < -0.4 is 5.32 Å². The van der Waals surface area contributed by atoms with Crippen molar-refractivity contribution in [3.63, 3.8) is 0 Å². The summed E-state index contributed by atoms with van der Waals surface area (Å²) in [5.41, 5.74) is 0.305. The first-order valence-electron chi connectivity index (χ1n) is 7.48. The Morgan fingerprint density at radius 3 is 2.63 bits per heavy atom. The van der Waals surface area contributed by atoms with Crippen LogP contribution in [0.15, 0.2) is 11.6 Å². The first kappa shape index (κ1) is 14.9. The van der Waals surface area contributed by atoms with Crippen molar-refractivity contribution in [2.75, 3.05) is 20.6 Å². The predicted octanol–water partition coefficient (Wildman–Crippen LogP) is 2.93. The summed E-state index contributed by atoms with van der Waals surface area (Å²) in [6, 6.07) is 0.513. The van der Waals surface area contributed by atoms with E-state index < -0.39 is 0 Å². The van der Waals surface area contributed by atoms with E-state index in [4.69, 9.17) is 0 Å². The summed E-state index contributed by atoms with van der Waals surface area (Å²) in [6.07, 6.45) is 9.71. The molecule has 0 saturated heterocycles. The molecular weight excluding hydrogens is 254 g/mol. The van der Waals surface area contributed by atoms with E-state index in [0.29, 0.717) is 11.6 Å². The van der Waals surface area contributed by atoms with Gasteiger partial charge in [0.15, 0.2) is 0 Å². The summed E-state index contributed by atoms with van der Waals surface area (Å²) >= 11 is 1.78. The number of hydrogen-bond donors (Lipinski definition) is 1. The van der Waals surface area contributed by atoms with Crippen molar-refractivity contribution in [2.45, 2.75) is 57.0 Å². The minimum atomic E-state index is 0.305. The number of rotatable bonds is 6. The molecule has 1 aliphatic carbocycles. The molecule has 108 valence electrons. The molecule has 19 heavy (non-hydrogen) atoms. The number of aromatic nitrogens is 1. The minimum absolute atomic E-state index is 0.305. The quantitative estimate of drug-likeness (QED) is 0.869. The van der Waals surface area contributed by atoms with Crippen molar-refractivity contribution >= 4 is 11.3 Å². The van der Waals surface area contributed by atoms with Crippen LogP contribution in [0.3, 0.4) is 0 Å². The second kappa shape index (κ2) is 6.82. The first-order valence-corrected chi connectivity index (χ1v) is 8.36. The van der Waals surface area contributed by atoms with E-state index in [1.165, 1.54) is 37.1 Å². The molecule has 0 radical (unpaired) electrons. The number of thiazole rings is 1. The Kier molecular flexibility index (Phi) is 5.37. The lowest BCUT2D eigenvalue weighted by Gasteiger charge is -2.48. The van der Waals surface area contributed by atoms with Crippen LogP contribution in [0.5, 0.6) is 0 Å². The monoisotopic (exact) mass is 281 g/mol. The zero-order chi connectivity index (χ0) is 13.7. The van der Waals surface area contributed by atoms with Crippen molar-refractivity contribution in [3.05, 3.63) is 16.6 Å². The largest absolute Gasteiger partial charge is 0.312 e. The standard InChI is InChI=1S/C15H27N3S/c1-4-16-13(12-14-17-10-11-19-14)15(18(2)3)8-6-5-7-9-15/h10-11,13,16H,4-9,12H2,1-3H3. The maximum absolute atomic E-state index is 4.48. The highest BCUT2D eigenvalue weighted by Crippen LogP contribution is 2.36. The smallest absolute Gasteiger partial charge is 0.0941 e. The Morgan fingerprint density at radius 1 is 1.37 bits per heavy atom. The number of nitrogens with one attached hydrogen (secondary N) is 1. The molecule has 1 aromatic rings. The molecule has 3 nitrogen and oxygen atoms in total. The van der Waals surface area contributed by atoms with Crippen LogP contribution in [0.2, 0.25) is 0 Å². The maximum atomic E-state index is 4.48. The zero-order valence-electron chi connectivity index (χ0n) is 12.5. The van der Waals surface area contributed by atoms with Crippen LogP contribution in [-0.4, -0.2) is 42.1 Å². The van der Waals surface area contributed by atoms with Gasteiger partial charge in [-0.15, -0.1) is 11.3 Å². The maximum Gasteiger partial charge on any atom is 0.0941 e. The molecular formula is C15H27N3S. The number of nitrogens with zero attached hydrogens (tertiary/aromatic N) is 2. The van der Waals surface area contributed by atoms with Gasteiger partial charge in [0.05, 0.1) is 5.01 Å². The molecule has 1 aromatic heterocycles. The van der Waals surface area contributed by atoms with Crippen molar-refractivity contribution < 1.29 is 0 Å². The summed E-state index contributed by atoms with van der Waals surface area (Å²) < 4.78 is 0. The summed E-state index contributed by atoms with van der Waals surface area (Å²) in [5.74, 6) is 0. The normalized spacial score (nSPS) is 20.6. The lowest BCUT2D eigenvalue weighted by atomic mass is 9.74. The van der Waals surface area contributed by atoms with Gasteiger partial charge in [0, 0.05) is 29.6 Å². The molecule has 0 spiro atoms. The van der Waals surface area contributed by atoms with Gasteiger partial charge in [-0.1, -0.05) is 26.2 Å². The minimum Gasteiger partial charge on any atom is -0.312 e. The Labute approximate surface area is 121 Å². The molecule has 0 aliphatic heterocycles. The second-order valence-electron chi connectivity index (χ2n) is 5.80. The van der Waals surface area contributed by atoms with Gasteiger partial charge in [0.25, 0.3) is 0 Å². The summed E-state index contributed by atoms with van der Waals surface area (Å²) in [4.78, 5) is 6.95. The lowest BCUT2D eigenvalue weighted by molar-refractivity contribution is 0.0575. The fraction of sp³-hybridized carbons (Fsp3) is 0.800. The van der Waals surface area contributed by atoms with E-state index in [-0.39, 0.29) is 0 Å². The van der Waals surface area contributed by atoms with Gasteiger partial charge in [-0.2, -0.15) is 0 Å². The lowest BCUT2D eigenvalue weighted by Crippen LogP contribution is -2.60. The third kappa shape index (κ3) is 3.36. The van der Waals surface area contributed by atoms with Gasteiger partial charge >= 0.3 is 0 Å². The van der Waals surface area contributed by atoms with E-state index in [0.717, 1.165) is 13.0 Å². The summed E-state index contributed by atoms with van der Waals surface area (Å²) in [7, 11) is 4.50. The van der Waals surface area contributed by atoms with Crippen LogP contribution in [0.25, 0.3) is 0 Å². The first-order chi connectivity index (χ1) is 9.19. The van der Waals surface area contributed by atoms with Crippen LogP contribution in [0, 0.1) is 0 Å². The van der Waals surface area contributed by atoms with Crippen LogP contribution in [0.1, 0.15) is 44.0 Å². The van der Waals surface area contributed by atoms with Crippen molar-refractivity contribution in [3.8, 4) is 0 Å². The van der Waals surface area contributed by atoms with Crippen molar-refractivity contribution in [2.24, 2.45) is 0 Å². The van der Waals surface area contributed by atoms with Gasteiger partial charge in [0.1, 0.15) is 0 Å². The molecule has 1 aliphatic rings. The molecule has 0 amide bonds. The highest BCUT2D eigenvalue weighted by molar-refractivity contribution is 7.09. The van der Waals surface area contributed by atoms with Gasteiger partial charge in [-0.25, -0.2) is 4.98 Å². The molecule has 4 heteroatoms.